The Balaban J connectivity index is 1.31. The van der Waals surface area contributed by atoms with Gasteiger partial charge < -0.3 is 15.0 Å². The van der Waals surface area contributed by atoms with Crippen LogP contribution in [-0.4, -0.2) is 29.5 Å². The minimum absolute atomic E-state index is 0.291. The Labute approximate surface area is 180 Å². The normalized spacial score (nSPS) is 15.2. The van der Waals surface area contributed by atoms with Gasteiger partial charge in [0.1, 0.15) is 0 Å². The van der Waals surface area contributed by atoms with E-state index in [1.807, 2.05) is 42.5 Å². The molecular formula is C24H25N3O4. The number of H-pyrrole nitrogens is 1. The predicted molar refractivity (Wildman–Crippen MR) is 117 cm³/mol. The number of aromatic amines is 1. The first-order valence-electron chi connectivity index (χ1n) is 10.4. The maximum Gasteiger partial charge on any atom is 0.338 e. The summed E-state index contributed by atoms with van der Waals surface area (Å²) in [5, 5.41) is 5.77. The monoisotopic (exact) mass is 419 g/mol. The smallest absolute Gasteiger partial charge is 0.338 e. The molecule has 31 heavy (non-hydrogen) atoms. The Morgan fingerprint density at radius 1 is 1.13 bits per heavy atom. The number of aromatic nitrogens is 1. The van der Waals surface area contributed by atoms with Gasteiger partial charge >= 0.3 is 12.0 Å². The second-order valence-electron chi connectivity index (χ2n) is 7.98. The standard InChI is InChI=1S/C24H25N3O4/c1-15-7-9-20-18(11-15)19-12-17(8-10-21(19)26-20)23(29)31-14-22(28)27-24(30)25-13-16-5-3-2-4-6-16/h2-6,8,10,12,15,26H,7,9,11,13-14H2,1H3,(H2,25,27,28,30)/t15-/m0/s1. The van der Waals surface area contributed by atoms with Crippen LogP contribution >= 0.6 is 0 Å². The maximum absolute atomic E-state index is 12.4. The summed E-state index contributed by atoms with van der Waals surface area (Å²) in [6, 6.07) is 14.1. The Hall–Kier alpha value is -3.61. The van der Waals surface area contributed by atoms with Crippen LogP contribution in [0.1, 0.15) is 40.5 Å². The lowest BCUT2D eigenvalue weighted by Crippen LogP contribution is -2.41. The summed E-state index contributed by atoms with van der Waals surface area (Å²) in [7, 11) is 0. The molecule has 7 heteroatoms. The number of esters is 1. The molecule has 0 fully saturated rings. The van der Waals surface area contributed by atoms with Crippen LogP contribution in [0.4, 0.5) is 4.79 Å². The number of fused-ring (bicyclic) bond motifs is 3. The molecule has 160 valence electrons. The molecule has 1 aliphatic rings. The highest BCUT2D eigenvalue weighted by Gasteiger charge is 2.21. The van der Waals surface area contributed by atoms with E-state index in [1.165, 1.54) is 11.3 Å². The van der Waals surface area contributed by atoms with Gasteiger partial charge in [0.15, 0.2) is 6.61 Å². The van der Waals surface area contributed by atoms with Gasteiger partial charge in [-0.25, -0.2) is 9.59 Å². The van der Waals surface area contributed by atoms with Crippen LogP contribution < -0.4 is 10.6 Å². The summed E-state index contributed by atoms with van der Waals surface area (Å²) in [4.78, 5) is 39.6. The first kappa shape index (κ1) is 20.7. The minimum atomic E-state index is -0.687. The molecular weight excluding hydrogens is 394 g/mol. The predicted octanol–water partition coefficient (Wildman–Crippen LogP) is 3.48. The molecule has 0 aliphatic heterocycles. The molecule has 3 N–H and O–H groups in total. The van der Waals surface area contributed by atoms with Crippen LogP contribution in [0, 0.1) is 5.92 Å². The van der Waals surface area contributed by atoms with Gasteiger partial charge in [-0.1, -0.05) is 37.3 Å². The van der Waals surface area contributed by atoms with E-state index < -0.39 is 24.5 Å². The van der Waals surface area contributed by atoms with E-state index >= 15 is 0 Å². The van der Waals surface area contributed by atoms with Crippen LogP contribution in [0.3, 0.4) is 0 Å². The molecule has 4 rings (SSSR count). The molecule has 2 aromatic carbocycles. The molecule has 0 saturated carbocycles. The van der Waals surface area contributed by atoms with Crippen LogP contribution in [0.25, 0.3) is 10.9 Å². The van der Waals surface area contributed by atoms with E-state index in [-0.39, 0.29) is 0 Å². The minimum Gasteiger partial charge on any atom is -0.452 e. The van der Waals surface area contributed by atoms with Gasteiger partial charge in [0, 0.05) is 23.1 Å². The summed E-state index contributed by atoms with van der Waals surface area (Å²) in [5.41, 5.74) is 4.79. The first-order valence-corrected chi connectivity index (χ1v) is 10.4. The first-order chi connectivity index (χ1) is 15.0. The molecule has 0 spiro atoms. The average molecular weight is 419 g/mol. The van der Waals surface area contributed by atoms with Crippen LogP contribution in [0.5, 0.6) is 0 Å². The topological polar surface area (TPSA) is 100 Å². The highest BCUT2D eigenvalue weighted by Crippen LogP contribution is 2.32. The van der Waals surface area contributed by atoms with Crippen molar-refractivity contribution in [3.8, 4) is 0 Å². The fraction of sp³-hybridized carbons (Fsp3) is 0.292. The summed E-state index contributed by atoms with van der Waals surface area (Å²) in [5.74, 6) is -0.674. The SMILES string of the molecule is C[C@H]1CCc2[nH]c3ccc(C(=O)OCC(=O)NC(=O)NCc4ccccc4)cc3c2C1. The third-order valence-electron chi connectivity index (χ3n) is 5.55. The van der Waals surface area contributed by atoms with E-state index in [9.17, 15) is 14.4 Å². The van der Waals surface area contributed by atoms with Crippen molar-refractivity contribution in [1.29, 1.82) is 0 Å². The van der Waals surface area contributed by atoms with Crippen molar-refractivity contribution in [3.05, 3.63) is 70.9 Å². The van der Waals surface area contributed by atoms with Crippen LogP contribution in [0.2, 0.25) is 0 Å². The van der Waals surface area contributed by atoms with Crippen molar-refractivity contribution in [2.75, 3.05) is 6.61 Å². The molecule has 1 aromatic heterocycles. The Bertz CT molecular complexity index is 1120. The van der Waals surface area contributed by atoms with Crippen molar-refractivity contribution in [1.82, 2.24) is 15.6 Å². The number of hydrogen-bond acceptors (Lipinski definition) is 4. The maximum atomic E-state index is 12.4. The number of amides is 3. The molecule has 7 nitrogen and oxygen atoms in total. The van der Waals surface area contributed by atoms with E-state index in [4.69, 9.17) is 4.74 Å². The number of hydrogen-bond donors (Lipinski definition) is 3. The van der Waals surface area contributed by atoms with Crippen molar-refractivity contribution in [2.45, 2.75) is 32.7 Å². The van der Waals surface area contributed by atoms with Crippen molar-refractivity contribution < 1.29 is 19.1 Å². The number of carbonyl (C=O) groups excluding carboxylic acids is 3. The molecule has 3 amide bonds. The molecule has 1 atom stereocenters. The number of rotatable bonds is 5. The summed E-state index contributed by atoms with van der Waals surface area (Å²) >= 11 is 0. The van der Waals surface area contributed by atoms with Gasteiger partial charge in [-0.3, -0.25) is 10.1 Å². The zero-order valence-electron chi connectivity index (χ0n) is 17.4. The second-order valence-corrected chi connectivity index (χ2v) is 7.98. The van der Waals surface area contributed by atoms with E-state index in [1.54, 1.807) is 6.07 Å². The molecule has 3 aromatic rings. The van der Waals surface area contributed by atoms with E-state index in [0.717, 1.165) is 35.7 Å². The highest BCUT2D eigenvalue weighted by molar-refractivity contribution is 5.99. The number of nitrogens with one attached hydrogen (secondary N) is 3. The van der Waals surface area contributed by atoms with Gasteiger partial charge in [0.25, 0.3) is 5.91 Å². The number of carbonyl (C=O) groups is 3. The summed E-state index contributed by atoms with van der Waals surface area (Å²) in [6.07, 6.45) is 3.15. The number of benzene rings is 2. The van der Waals surface area contributed by atoms with E-state index in [0.29, 0.717) is 18.0 Å². The quantitative estimate of drug-likeness (QED) is 0.551. The largest absolute Gasteiger partial charge is 0.452 e. The van der Waals surface area contributed by atoms with Gasteiger partial charge in [-0.05, 0) is 54.5 Å². The Morgan fingerprint density at radius 3 is 2.74 bits per heavy atom. The zero-order chi connectivity index (χ0) is 21.8. The van der Waals surface area contributed by atoms with Gasteiger partial charge in [0.05, 0.1) is 5.56 Å². The van der Waals surface area contributed by atoms with Gasteiger partial charge in [-0.2, -0.15) is 0 Å². The van der Waals surface area contributed by atoms with Crippen molar-refractivity contribution >= 4 is 28.8 Å². The summed E-state index contributed by atoms with van der Waals surface area (Å²) in [6.45, 7) is 1.99. The summed E-state index contributed by atoms with van der Waals surface area (Å²) < 4.78 is 5.10. The molecule has 0 bridgehead atoms. The lowest BCUT2D eigenvalue weighted by molar-refractivity contribution is -0.123. The third-order valence-corrected chi connectivity index (χ3v) is 5.55. The third kappa shape index (κ3) is 4.94. The number of ether oxygens (including phenoxy) is 1. The molecule has 1 heterocycles. The zero-order valence-corrected chi connectivity index (χ0v) is 17.4. The number of imide groups is 1. The lowest BCUT2D eigenvalue weighted by Gasteiger charge is -2.18. The van der Waals surface area contributed by atoms with Crippen molar-refractivity contribution in [3.63, 3.8) is 0 Å². The fourth-order valence-corrected chi connectivity index (χ4v) is 3.92. The molecule has 0 radical (unpaired) electrons. The molecule has 1 aliphatic carbocycles. The lowest BCUT2D eigenvalue weighted by atomic mass is 9.87. The number of urea groups is 1. The van der Waals surface area contributed by atoms with Gasteiger partial charge in [0.2, 0.25) is 0 Å². The molecule has 0 saturated heterocycles. The Morgan fingerprint density at radius 2 is 1.94 bits per heavy atom. The number of aryl methyl sites for hydroxylation is 1. The van der Waals surface area contributed by atoms with Crippen molar-refractivity contribution in [2.24, 2.45) is 5.92 Å². The van der Waals surface area contributed by atoms with Crippen LogP contribution in [-0.2, 0) is 28.9 Å². The highest BCUT2D eigenvalue weighted by atomic mass is 16.5. The Kier molecular flexibility index (Phi) is 6.02. The molecule has 0 unspecified atom stereocenters. The van der Waals surface area contributed by atoms with E-state index in [2.05, 4.69) is 22.5 Å². The average Bonchev–Trinajstić information content (AvgIpc) is 3.14. The second kappa shape index (κ2) is 9.04. The fourth-order valence-electron chi connectivity index (χ4n) is 3.92. The van der Waals surface area contributed by atoms with Gasteiger partial charge in [-0.15, -0.1) is 0 Å². The van der Waals surface area contributed by atoms with Crippen LogP contribution in [0.15, 0.2) is 48.5 Å².